The Labute approximate surface area is 92.2 Å². The van der Waals surface area contributed by atoms with Crippen LogP contribution in [0.15, 0.2) is 0 Å². The van der Waals surface area contributed by atoms with Crippen LogP contribution in [-0.2, 0) is 4.79 Å². The van der Waals surface area contributed by atoms with Gasteiger partial charge in [0.25, 0.3) is 0 Å². The van der Waals surface area contributed by atoms with Crippen molar-refractivity contribution in [3.05, 3.63) is 0 Å². The van der Waals surface area contributed by atoms with Gasteiger partial charge in [-0.25, -0.2) is 0 Å². The van der Waals surface area contributed by atoms with Gasteiger partial charge in [0.1, 0.15) is 0 Å². The summed E-state index contributed by atoms with van der Waals surface area (Å²) in [6.45, 7) is 9.24. The van der Waals surface area contributed by atoms with E-state index in [1.807, 2.05) is 0 Å². The summed E-state index contributed by atoms with van der Waals surface area (Å²) in [6.07, 6.45) is 2.01. The van der Waals surface area contributed by atoms with Crippen molar-refractivity contribution in [2.75, 3.05) is 19.6 Å². The van der Waals surface area contributed by atoms with Gasteiger partial charge in [0.2, 0.25) is 5.91 Å². The molecule has 0 saturated carbocycles. The zero-order chi connectivity index (χ0) is 11.5. The van der Waals surface area contributed by atoms with Crippen molar-refractivity contribution in [3.8, 4) is 0 Å². The molecule has 1 amide bonds. The Hall–Kier alpha value is -0.610. The monoisotopic (exact) mass is 213 g/mol. The van der Waals surface area contributed by atoms with E-state index in [1.54, 1.807) is 0 Å². The molecule has 0 aromatic carbocycles. The molecule has 0 radical (unpaired) electrons. The number of nitrogens with two attached hydrogens (primary N) is 1. The van der Waals surface area contributed by atoms with Crippen LogP contribution in [0.3, 0.4) is 0 Å². The van der Waals surface area contributed by atoms with Crippen molar-refractivity contribution in [1.82, 2.24) is 10.2 Å². The standard InChI is InChI=1S/C11H23N3O/c1-11(2,3)13-6-8-14-7-4-5-9(14)10(12)15/h9,13H,4-8H2,1-3H3,(H2,12,15). The van der Waals surface area contributed by atoms with E-state index in [1.165, 1.54) is 0 Å². The summed E-state index contributed by atoms with van der Waals surface area (Å²) in [7, 11) is 0. The summed E-state index contributed by atoms with van der Waals surface area (Å²) in [5.41, 5.74) is 5.49. The quantitative estimate of drug-likeness (QED) is 0.707. The van der Waals surface area contributed by atoms with Gasteiger partial charge >= 0.3 is 0 Å². The molecule has 4 nitrogen and oxygen atoms in total. The van der Waals surface area contributed by atoms with E-state index in [4.69, 9.17) is 5.73 Å². The Bertz CT molecular complexity index is 222. The van der Waals surface area contributed by atoms with E-state index in [9.17, 15) is 4.79 Å². The lowest BCUT2D eigenvalue weighted by molar-refractivity contribution is -0.122. The van der Waals surface area contributed by atoms with Gasteiger partial charge < -0.3 is 11.1 Å². The third kappa shape index (κ3) is 4.18. The fourth-order valence-electron chi connectivity index (χ4n) is 1.99. The van der Waals surface area contributed by atoms with Crippen LogP contribution in [0.2, 0.25) is 0 Å². The Kier molecular flexibility index (Phi) is 4.11. The second kappa shape index (κ2) is 4.94. The Morgan fingerprint density at radius 1 is 1.53 bits per heavy atom. The molecule has 0 spiro atoms. The summed E-state index contributed by atoms with van der Waals surface area (Å²) in [6, 6.07) is -0.0354. The van der Waals surface area contributed by atoms with Crippen LogP contribution in [0, 0.1) is 0 Å². The van der Waals surface area contributed by atoms with Crippen LogP contribution < -0.4 is 11.1 Å². The molecule has 15 heavy (non-hydrogen) atoms. The Balaban J connectivity index is 2.29. The van der Waals surface area contributed by atoms with Crippen molar-refractivity contribution in [2.24, 2.45) is 5.73 Å². The minimum atomic E-state index is -0.178. The zero-order valence-corrected chi connectivity index (χ0v) is 10.0. The molecule has 0 aromatic heterocycles. The molecule has 4 heteroatoms. The summed E-state index contributed by atoms with van der Waals surface area (Å²) in [4.78, 5) is 13.3. The normalized spacial score (nSPS) is 23.3. The number of rotatable bonds is 4. The maximum Gasteiger partial charge on any atom is 0.234 e. The molecule has 1 atom stereocenters. The molecule has 1 saturated heterocycles. The Morgan fingerprint density at radius 3 is 2.73 bits per heavy atom. The second-order valence-electron chi connectivity index (χ2n) is 5.27. The number of hydrogen-bond donors (Lipinski definition) is 2. The highest BCUT2D eigenvalue weighted by Crippen LogP contribution is 2.15. The van der Waals surface area contributed by atoms with Crippen LogP contribution in [0.4, 0.5) is 0 Å². The van der Waals surface area contributed by atoms with E-state index in [-0.39, 0.29) is 17.5 Å². The van der Waals surface area contributed by atoms with E-state index in [2.05, 4.69) is 31.0 Å². The molecular weight excluding hydrogens is 190 g/mol. The number of primary amides is 1. The molecule has 0 bridgehead atoms. The van der Waals surface area contributed by atoms with Gasteiger partial charge in [0, 0.05) is 18.6 Å². The van der Waals surface area contributed by atoms with Gasteiger partial charge in [-0.15, -0.1) is 0 Å². The lowest BCUT2D eigenvalue weighted by Crippen LogP contribution is -2.46. The zero-order valence-electron chi connectivity index (χ0n) is 10.0. The first-order valence-corrected chi connectivity index (χ1v) is 5.68. The molecule has 1 unspecified atom stereocenters. The van der Waals surface area contributed by atoms with Crippen molar-refractivity contribution >= 4 is 5.91 Å². The average molecular weight is 213 g/mol. The van der Waals surface area contributed by atoms with Crippen molar-refractivity contribution in [3.63, 3.8) is 0 Å². The van der Waals surface area contributed by atoms with Crippen molar-refractivity contribution in [1.29, 1.82) is 0 Å². The van der Waals surface area contributed by atoms with Crippen molar-refractivity contribution in [2.45, 2.75) is 45.2 Å². The molecule has 0 aliphatic carbocycles. The minimum Gasteiger partial charge on any atom is -0.368 e. The van der Waals surface area contributed by atoms with Crippen LogP contribution in [0.1, 0.15) is 33.6 Å². The van der Waals surface area contributed by atoms with Gasteiger partial charge in [-0.1, -0.05) is 0 Å². The molecular formula is C11H23N3O. The van der Waals surface area contributed by atoms with Crippen molar-refractivity contribution < 1.29 is 4.79 Å². The highest BCUT2D eigenvalue weighted by Gasteiger charge is 2.28. The highest BCUT2D eigenvalue weighted by atomic mass is 16.1. The first-order valence-electron chi connectivity index (χ1n) is 5.68. The van der Waals surface area contributed by atoms with Crippen LogP contribution >= 0.6 is 0 Å². The maximum absolute atomic E-state index is 11.1. The van der Waals surface area contributed by atoms with Gasteiger partial charge in [-0.05, 0) is 40.2 Å². The van der Waals surface area contributed by atoms with E-state index in [0.29, 0.717) is 0 Å². The van der Waals surface area contributed by atoms with Crippen LogP contribution in [-0.4, -0.2) is 42.0 Å². The van der Waals surface area contributed by atoms with E-state index in [0.717, 1.165) is 32.5 Å². The smallest absolute Gasteiger partial charge is 0.234 e. The Morgan fingerprint density at radius 2 is 2.20 bits per heavy atom. The first-order chi connectivity index (χ1) is 6.90. The lowest BCUT2D eigenvalue weighted by Gasteiger charge is -2.25. The number of amides is 1. The predicted molar refractivity (Wildman–Crippen MR) is 61.5 cm³/mol. The number of likely N-dealkylation sites (tertiary alicyclic amines) is 1. The minimum absolute atomic E-state index is 0.0354. The molecule has 1 aliphatic rings. The number of nitrogens with one attached hydrogen (secondary N) is 1. The molecule has 88 valence electrons. The topological polar surface area (TPSA) is 58.4 Å². The molecule has 3 N–H and O–H groups in total. The molecule has 1 aliphatic heterocycles. The summed E-state index contributed by atoms with van der Waals surface area (Å²) in [5, 5.41) is 3.41. The summed E-state index contributed by atoms with van der Waals surface area (Å²) < 4.78 is 0. The third-order valence-electron chi connectivity index (χ3n) is 2.75. The second-order valence-corrected chi connectivity index (χ2v) is 5.27. The molecule has 1 rings (SSSR count). The SMILES string of the molecule is CC(C)(C)NCCN1CCCC1C(N)=O. The van der Waals surface area contributed by atoms with E-state index >= 15 is 0 Å². The van der Waals surface area contributed by atoms with Gasteiger partial charge in [-0.3, -0.25) is 9.69 Å². The summed E-state index contributed by atoms with van der Waals surface area (Å²) >= 11 is 0. The predicted octanol–water partition coefficient (Wildman–Crippen LogP) is 0.324. The lowest BCUT2D eigenvalue weighted by atomic mass is 10.1. The van der Waals surface area contributed by atoms with Gasteiger partial charge in [-0.2, -0.15) is 0 Å². The van der Waals surface area contributed by atoms with E-state index < -0.39 is 0 Å². The van der Waals surface area contributed by atoms with Gasteiger partial charge in [0.15, 0.2) is 0 Å². The molecule has 0 aromatic rings. The first kappa shape index (κ1) is 12.5. The van der Waals surface area contributed by atoms with Gasteiger partial charge in [0.05, 0.1) is 6.04 Å². The van der Waals surface area contributed by atoms with Crippen LogP contribution in [0.5, 0.6) is 0 Å². The maximum atomic E-state index is 11.1. The fourth-order valence-corrected chi connectivity index (χ4v) is 1.99. The number of nitrogens with zero attached hydrogens (tertiary/aromatic N) is 1. The summed E-state index contributed by atoms with van der Waals surface area (Å²) in [5.74, 6) is -0.178. The number of hydrogen-bond acceptors (Lipinski definition) is 3. The largest absolute Gasteiger partial charge is 0.368 e. The van der Waals surface area contributed by atoms with Crippen LogP contribution in [0.25, 0.3) is 0 Å². The number of carbonyl (C=O) groups excluding carboxylic acids is 1. The molecule has 1 fully saturated rings. The fraction of sp³-hybridized carbons (Fsp3) is 0.909. The number of carbonyl (C=O) groups is 1. The average Bonchev–Trinajstić information content (AvgIpc) is 2.49. The molecule has 1 heterocycles. The third-order valence-corrected chi connectivity index (χ3v) is 2.75. The highest BCUT2D eigenvalue weighted by molar-refractivity contribution is 5.80.